The Labute approximate surface area is 131 Å². The first-order valence-electron chi connectivity index (χ1n) is 6.78. The van der Waals surface area contributed by atoms with Gasteiger partial charge in [0.1, 0.15) is 0 Å². The molecule has 0 saturated carbocycles. The van der Waals surface area contributed by atoms with Gasteiger partial charge in [-0.2, -0.15) is 4.98 Å². The molecule has 1 aliphatic rings. The molecule has 2 aromatic heterocycles. The standard InChI is InChI=1S/C13H16N6O2S/c1-14-12(20)18-13-16-8-3-4-19(7-9(8)22-13)10-5-15-6-11(17-10)21-2/h5-6H,3-4,7H2,1-2H3,(H2,14,16,18,20). The number of aromatic nitrogens is 3. The van der Waals surface area contributed by atoms with Gasteiger partial charge < -0.3 is 15.0 Å². The second-order valence-corrected chi connectivity index (χ2v) is 5.77. The van der Waals surface area contributed by atoms with Crippen molar-refractivity contribution in [3.8, 4) is 5.88 Å². The molecule has 0 atom stereocenters. The third kappa shape index (κ3) is 2.93. The van der Waals surface area contributed by atoms with E-state index in [-0.39, 0.29) is 6.03 Å². The zero-order chi connectivity index (χ0) is 15.5. The SMILES string of the molecule is CNC(=O)Nc1nc2c(s1)CN(c1cncc(OC)n1)CC2. The summed E-state index contributed by atoms with van der Waals surface area (Å²) in [5, 5.41) is 5.84. The summed E-state index contributed by atoms with van der Waals surface area (Å²) in [6.07, 6.45) is 4.11. The van der Waals surface area contributed by atoms with Gasteiger partial charge in [-0.15, -0.1) is 0 Å². The van der Waals surface area contributed by atoms with Gasteiger partial charge in [-0.05, 0) is 0 Å². The number of ether oxygens (including phenoxy) is 1. The van der Waals surface area contributed by atoms with Gasteiger partial charge >= 0.3 is 6.03 Å². The van der Waals surface area contributed by atoms with Gasteiger partial charge in [0.15, 0.2) is 10.9 Å². The first-order chi connectivity index (χ1) is 10.7. The number of carbonyl (C=O) groups excluding carboxylic acids is 1. The maximum atomic E-state index is 11.4. The fourth-order valence-electron chi connectivity index (χ4n) is 2.19. The van der Waals surface area contributed by atoms with Crippen molar-refractivity contribution in [1.82, 2.24) is 20.3 Å². The van der Waals surface area contributed by atoms with Gasteiger partial charge in [-0.1, -0.05) is 11.3 Å². The van der Waals surface area contributed by atoms with Crippen molar-refractivity contribution in [2.45, 2.75) is 13.0 Å². The Morgan fingerprint density at radius 3 is 3.05 bits per heavy atom. The van der Waals surface area contributed by atoms with Crippen LogP contribution in [0.25, 0.3) is 0 Å². The number of urea groups is 1. The van der Waals surface area contributed by atoms with Crippen molar-refractivity contribution in [2.24, 2.45) is 0 Å². The first-order valence-corrected chi connectivity index (χ1v) is 7.59. The maximum absolute atomic E-state index is 11.4. The van der Waals surface area contributed by atoms with Crippen LogP contribution in [0.4, 0.5) is 15.7 Å². The van der Waals surface area contributed by atoms with E-state index < -0.39 is 0 Å². The summed E-state index contributed by atoms with van der Waals surface area (Å²) < 4.78 is 5.11. The smallest absolute Gasteiger partial charge is 0.320 e. The summed E-state index contributed by atoms with van der Waals surface area (Å²) >= 11 is 1.48. The summed E-state index contributed by atoms with van der Waals surface area (Å²) in [5.41, 5.74) is 1.03. The maximum Gasteiger partial charge on any atom is 0.320 e. The van der Waals surface area contributed by atoms with Crippen LogP contribution in [0.1, 0.15) is 10.6 Å². The lowest BCUT2D eigenvalue weighted by Crippen LogP contribution is -2.30. The number of rotatable bonds is 3. The Morgan fingerprint density at radius 1 is 1.41 bits per heavy atom. The fourth-order valence-corrected chi connectivity index (χ4v) is 3.21. The number of methoxy groups -OCH3 is 1. The monoisotopic (exact) mass is 320 g/mol. The van der Waals surface area contributed by atoms with Crippen LogP contribution in [0.5, 0.6) is 5.88 Å². The van der Waals surface area contributed by atoms with Gasteiger partial charge in [-0.25, -0.2) is 9.78 Å². The van der Waals surface area contributed by atoms with Crippen LogP contribution < -0.4 is 20.3 Å². The van der Waals surface area contributed by atoms with Crippen LogP contribution in [0.3, 0.4) is 0 Å². The van der Waals surface area contributed by atoms with Gasteiger partial charge in [-0.3, -0.25) is 10.3 Å². The number of hydrogen-bond donors (Lipinski definition) is 2. The molecule has 2 aromatic rings. The molecule has 3 heterocycles. The number of fused-ring (bicyclic) bond motifs is 1. The van der Waals surface area contributed by atoms with E-state index in [4.69, 9.17) is 4.74 Å². The number of thiazole rings is 1. The van der Waals surface area contributed by atoms with E-state index >= 15 is 0 Å². The summed E-state index contributed by atoms with van der Waals surface area (Å²) in [4.78, 5) is 27.6. The topological polar surface area (TPSA) is 92.3 Å². The summed E-state index contributed by atoms with van der Waals surface area (Å²) in [7, 11) is 3.15. The molecule has 0 unspecified atom stereocenters. The Morgan fingerprint density at radius 2 is 2.27 bits per heavy atom. The normalized spacial score (nSPS) is 13.5. The van der Waals surface area contributed by atoms with Crippen molar-refractivity contribution in [3.63, 3.8) is 0 Å². The Bertz CT molecular complexity index is 689. The lowest BCUT2D eigenvalue weighted by molar-refractivity contribution is 0.254. The third-order valence-corrected chi connectivity index (χ3v) is 4.31. The van der Waals surface area contributed by atoms with Crippen molar-refractivity contribution in [2.75, 3.05) is 30.9 Å². The number of anilines is 2. The summed E-state index contributed by atoms with van der Waals surface area (Å²) in [6, 6.07) is -0.262. The molecule has 3 rings (SSSR count). The molecule has 8 nitrogen and oxygen atoms in total. The average Bonchev–Trinajstić information content (AvgIpc) is 2.95. The van der Waals surface area contributed by atoms with Gasteiger partial charge in [0.05, 0.1) is 31.7 Å². The number of amides is 2. The first kappa shape index (κ1) is 14.5. The van der Waals surface area contributed by atoms with E-state index in [1.54, 1.807) is 26.6 Å². The molecular weight excluding hydrogens is 304 g/mol. The van der Waals surface area contributed by atoms with Crippen molar-refractivity contribution >= 4 is 28.3 Å². The molecule has 116 valence electrons. The average molecular weight is 320 g/mol. The zero-order valence-electron chi connectivity index (χ0n) is 12.3. The quantitative estimate of drug-likeness (QED) is 0.884. The molecule has 0 saturated heterocycles. The summed E-state index contributed by atoms with van der Waals surface area (Å²) in [5.74, 6) is 1.27. The predicted molar refractivity (Wildman–Crippen MR) is 83.5 cm³/mol. The highest BCUT2D eigenvalue weighted by Gasteiger charge is 2.22. The predicted octanol–water partition coefficient (Wildman–Crippen LogP) is 1.26. The highest BCUT2D eigenvalue weighted by Crippen LogP contribution is 2.30. The number of nitrogens with one attached hydrogen (secondary N) is 2. The van der Waals surface area contributed by atoms with Crippen LogP contribution in [0.15, 0.2) is 12.4 Å². The number of carbonyl (C=O) groups is 1. The van der Waals surface area contributed by atoms with E-state index in [0.29, 0.717) is 17.6 Å². The van der Waals surface area contributed by atoms with Crippen molar-refractivity contribution in [3.05, 3.63) is 23.0 Å². The molecule has 22 heavy (non-hydrogen) atoms. The summed E-state index contributed by atoms with van der Waals surface area (Å²) in [6.45, 7) is 1.50. The van der Waals surface area contributed by atoms with Crippen molar-refractivity contribution in [1.29, 1.82) is 0 Å². The molecule has 9 heteroatoms. The van der Waals surface area contributed by atoms with Crippen LogP contribution in [-0.2, 0) is 13.0 Å². The second kappa shape index (κ2) is 6.14. The Kier molecular flexibility index (Phi) is 4.05. The van der Waals surface area contributed by atoms with E-state index in [2.05, 4.69) is 30.5 Å². The molecule has 0 aromatic carbocycles. The molecule has 0 bridgehead atoms. The largest absolute Gasteiger partial charge is 0.480 e. The third-order valence-electron chi connectivity index (χ3n) is 3.31. The van der Waals surface area contributed by atoms with Gasteiger partial charge in [0.2, 0.25) is 5.88 Å². The molecule has 0 aliphatic carbocycles. The second-order valence-electron chi connectivity index (χ2n) is 4.68. The number of hydrogen-bond acceptors (Lipinski definition) is 7. The molecule has 2 N–H and O–H groups in total. The minimum absolute atomic E-state index is 0.262. The van der Waals surface area contributed by atoms with Gasteiger partial charge in [0, 0.05) is 24.9 Å². The molecular formula is C13H16N6O2S. The van der Waals surface area contributed by atoms with Crippen LogP contribution in [-0.4, -0.2) is 41.7 Å². The van der Waals surface area contributed by atoms with E-state index in [0.717, 1.165) is 29.4 Å². The Balaban J connectivity index is 1.77. The fraction of sp³-hybridized carbons (Fsp3) is 0.385. The van der Waals surface area contributed by atoms with Crippen LogP contribution in [0.2, 0.25) is 0 Å². The minimum atomic E-state index is -0.262. The van der Waals surface area contributed by atoms with E-state index in [1.165, 1.54) is 11.3 Å². The minimum Gasteiger partial charge on any atom is -0.480 e. The highest BCUT2D eigenvalue weighted by atomic mass is 32.1. The molecule has 1 aliphatic heterocycles. The van der Waals surface area contributed by atoms with Crippen molar-refractivity contribution < 1.29 is 9.53 Å². The molecule has 2 amide bonds. The molecule has 0 radical (unpaired) electrons. The van der Waals surface area contributed by atoms with Crippen LogP contribution >= 0.6 is 11.3 Å². The van der Waals surface area contributed by atoms with E-state index in [9.17, 15) is 4.79 Å². The van der Waals surface area contributed by atoms with Gasteiger partial charge in [0.25, 0.3) is 0 Å². The molecule has 0 fully saturated rings. The Hall–Kier alpha value is -2.42. The zero-order valence-corrected chi connectivity index (χ0v) is 13.1. The lowest BCUT2D eigenvalue weighted by Gasteiger charge is -2.26. The lowest BCUT2D eigenvalue weighted by atomic mass is 10.2. The number of nitrogens with zero attached hydrogens (tertiary/aromatic N) is 4. The van der Waals surface area contributed by atoms with E-state index in [1.807, 2.05) is 0 Å². The highest BCUT2D eigenvalue weighted by molar-refractivity contribution is 7.15. The van der Waals surface area contributed by atoms with Crippen LogP contribution in [0, 0.1) is 0 Å². The molecule has 0 spiro atoms.